The minimum Gasteiger partial charge on any atom is -0.319 e. The van der Waals surface area contributed by atoms with Gasteiger partial charge in [0.2, 0.25) is 0 Å². The van der Waals surface area contributed by atoms with E-state index < -0.39 is 0 Å². The lowest BCUT2D eigenvalue weighted by Gasteiger charge is -1.97. The van der Waals surface area contributed by atoms with Crippen LogP contribution in [0, 0.1) is 0 Å². The van der Waals surface area contributed by atoms with Gasteiger partial charge in [-0.05, 0) is 23.0 Å². The summed E-state index contributed by atoms with van der Waals surface area (Å²) in [6.45, 7) is 5.33. The van der Waals surface area contributed by atoms with Crippen molar-refractivity contribution in [2.24, 2.45) is 0 Å². The topological polar surface area (TPSA) is 24.9 Å². The molecule has 0 saturated heterocycles. The molecule has 13 heavy (non-hydrogen) atoms. The summed E-state index contributed by atoms with van der Waals surface area (Å²) in [5.74, 6) is 0.532. The van der Waals surface area contributed by atoms with E-state index in [4.69, 9.17) is 0 Å². The smallest absolute Gasteiger partial charge is 0.0965 e. The van der Waals surface area contributed by atoms with Gasteiger partial charge in [-0.1, -0.05) is 13.8 Å². The van der Waals surface area contributed by atoms with Gasteiger partial charge in [-0.3, -0.25) is 0 Å². The fourth-order valence-electron chi connectivity index (χ4n) is 0.995. The summed E-state index contributed by atoms with van der Waals surface area (Å²) in [6, 6.07) is 0. The number of nitrogens with one attached hydrogen (secondary N) is 1. The van der Waals surface area contributed by atoms with Crippen LogP contribution >= 0.6 is 27.3 Å². The number of nitrogens with zero attached hydrogens (tertiary/aromatic N) is 1. The molecule has 1 rings (SSSR count). The molecule has 0 atom stereocenters. The summed E-state index contributed by atoms with van der Waals surface area (Å²) in [4.78, 5) is 4.58. The van der Waals surface area contributed by atoms with Gasteiger partial charge in [0.05, 0.1) is 14.5 Å². The van der Waals surface area contributed by atoms with Gasteiger partial charge in [-0.2, -0.15) is 0 Å². The molecule has 0 aromatic carbocycles. The second kappa shape index (κ2) is 5.08. The van der Waals surface area contributed by atoms with Crippen molar-refractivity contribution in [3.05, 3.63) is 14.5 Å². The van der Waals surface area contributed by atoms with E-state index in [2.05, 4.69) is 40.1 Å². The van der Waals surface area contributed by atoms with Crippen LogP contribution in [0.5, 0.6) is 0 Å². The average Bonchev–Trinajstić information content (AvgIpc) is 2.44. The summed E-state index contributed by atoms with van der Waals surface area (Å²) < 4.78 is 1.19. The van der Waals surface area contributed by atoms with Crippen LogP contribution in [0.1, 0.15) is 30.5 Å². The van der Waals surface area contributed by atoms with E-state index >= 15 is 0 Å². The minimum absolute atomic E-state index is 0.532. The van der Waals surface area contributed by atoms with E-state index in [9.17, 15) is 0 Å². The van der Waals surface area contributed by atoms with Crippen LogP contribution in [0.3, 0.4) is 0 Å². The lowest BCUT2D eigenvalue weighted by atomic mass is 10.2. The van der Waals surface area contributed by atoms with Gasteiger partial charge in [-0.25, -0.2) is 4.98 Å². The van der Waals surface area contributed by atoms with Crippen molar-refractivity contribution in [3.8, 4) is 0 Å². The maximum atomic E-state index is 4.58. The minimum atomic E-state index is 0.532. The maximum Gasteiger partial charge on any atom is 0.0965 e. The van der Waals surface area contributed by atoms with Crippen LogP contribution < -0.4 is 5.32 Å². The third kappa shape index (κ3) is 3.04. The molecule has 0 unspecified atom stereocenters. The van der Waals surface area contributed by atoms with Gasteiger partial charge in [0.25, 0.3) is 0 Å². The number of likely N-dealkylation sites (N-methyl/N-ethyl adjacent to an activating group) is 1. The Morgan fingerprint density at radius 3 is 2.69 bits per heavy atom. The SMILES string of the molecule is CNCCc1nc(C(C)C)sc1Br. The number of rotatable bonds is 4. The highest BCUT2D eigenvalue weighted by atomic mass is 79.9. The molecule has 1 N–H and O–H groups in total. The van der Waals surface area contributed by atoms with Gasteiger partial charge in [0.15, 0.2) is 0 Å². The zero-order valence-electron chi connectivity index (χ0n) is 8.22. The first kappa shape index (κ1) is 11.1. The number of halogens is 1. The largest absolute Gasteiger partial charge is 0.319 e. The Hall–Kier alpha value is 0.0700. The van der Waals surface area contributed by atoms with Crippen LogP contribution in [-0.2, 0) is 6.42 Å². The number of thiazole rings is 1. The summed E-state index contributed by atoms with van der Waals surface area (Å²) in [5, 5.41) is 4.35. The molecule has 74 valence electrons. The van der Waals surface area contributed by atoms with Crippen molar-refractivity contribution in [2.75, 3.05) is 13.6 Å². The second-order valence-corrected chi connectivity index (χ2v) is 5.63. The van der Waals surface area contributed by atoms with Crippen LogP contribution in [-0.4, -0.2) is 18.6 Å². The number of hydrogen-bond donors (Lipinski definition) is 1. The quantitative estimate of drug-likeness (QED) is 0.903. The van der Waals surface area contributed by atoms with Crippen molar-refractivity contribution in [1.82, 2.24) is 10.3 Å². The molecule has 1 aromatic heterocycles. The highest BCUT2D eigenvalue weighted by molar-refractivity contribution is 9.11. The average molecular weight is 263 g/mol. The van der Waals surface area contributed by atoms with E-state index in [1.54, 1.807) is 11.3 Å². The molecule has 0 spiro atoms. The zero-order chi connectivity index (χ0) is 9.84. The van der Waals surface area contributed by atoms with Gasteiger partial charge in [-0.15, -0.1) is 11.3 Å². The standard InChI is InChI=1S/C9H15BrN2S/c1-6(2)9-12-7(4-5-11-3)8(10)13-9/h6,11H,4-5H2,1-3H3. The molecule has 0 aliphatic carbocycles. The fraction of sp³-hybridized carbons (Fsp3) is 0.667. The van der Waals surface area contributed by atoms with Gasteiger partial charge in [0, 0.05) is 18.9 Å². The van der Waals surface area contributed by atoms with E-state index in [1.807, 2.05) is 7.05 Å². The predicted molar refractivity (Wildman–Crippen MR) is 61.5 cm³/mol. The van der Waals surface area contributed by atoms with Crippen molar-refractivity contribution in [2.45, 2.75) is 26.2 Å². The molecule has 1 aromatic rings. The van der Waals surface area contributed by atoms with Crippen molar-refractivity contribution in [1.29, 1.82) is 0 Å². The molecule has 1 heterocycles. The first-order chi connectivity index (χ1) is 6.15. The van der Waals surface area contributed by atoms with Crippen molar-refractivity contribution < 1.29 is 0 Å². The first-order valence-corrected chi connectivity index (χ1v) is 6.05. The molecular formula is C9H15BrN2S. The van der Waals surface area contributed by atoms with Crippen molar-refractivity contribution in [3.63, 3.8) is 0 Å². The highest BCUT2D eigenvalue weighted by Crippen LogP contribution is 2.29. The Morgan fingerprint density at radius 1 is 1.54 bits per heavy atom. The normalized spacial score (nSPS) is 11.2. The molecule has 0 bridgehead atoms. The second-order valence-electron chi connectivity index (χ2n) is 3.28. The van der Waals surface area contributed by atoms with E-state index in [-0.39, 0.29) is 0 Å². The molecule has 0 fully saturated rings. The highest BCUT2D eigenvalue weighted by Gasteiger charge is 2.10. The monoisotopic (exact) mass is 262 g/mol. The molecule has 0 aliphatic heterocycles. The first-order valence-electron chi connectivity index (χ1n) is 4.44. The Kier molecular flexibility index (Phi) is 4.35. The molecule has 0 radical (unpaired) electrons. The Bertz CT molecular complexity index is 271. The van der Waals surface area contributed by atoms with Crippen LogP contribution in [0.15, 0.2) is 3.79 Å². The third-order valence-corrected chi connectivity index (χ3v) is 3.90. The summed E-state index contributed by atoms with van der Waals surface area (Å²) in [6.07, 6.45) is 1.00. The maximum absolute atomic E-state index is 4.58. The zero-order valence-corrected chi connectivity index (χ0v) is 10.6. The van der Waals surface area contributed by atoms with E-state index in [0.717, 1.165) is 13.0 Å². The summed E-state index contributed by atoms with van der Waals surface area (Å²) in [5.41, 5.74) is 1.18. The van der Waals surface area contributed by atoms with Gasteiger partial charge < -0.3 is 5.32 Å². The fourth-order valence-corrected chi connectivity index (χ4v) is 2.62. The summed E-state index contributed by atoms with van der Waals surface area (Å²) >= 11 is 5.29. The number of hydrogen-bond acceptors (Lipinski definition) is 3. The van der Waals surface area contributed by atoms with Gasteiger partial charge in [0.1, 0.15) is 0 Å². The lowest BCUT2D eigenvalue weighted by molar-refractivity contribution is 0.767. The van der Waals surface area contributed by atoms with Crippen LogP contribution in [0.4, 0.5) is 0 Å². The van der Waals surface area contributed by atoms with E-state index in [0.29, 0.717) is 5.92 Å². The molecule has 4 heteroatoms. The lowest BCUT2D eigenvalue weighted by Crippen LogP contribution is -2.10. The molecule has 0 aliphatic rings. The number of aromatic nitrogens is 1. The Labute approximate surface area is 91.9 Å². The molecule has 0 saturated carbocycles. The molecule has 2 nitrogen and oxygen atoms in total. The van der Waals surface area contributed by atoms with Crippen LogP contribution in [0.2, 0.25) is 0 Å². The summed E-state index contributed by atoms with van der Waals surface area (Å²) in [7, 11) is 1.96. The van der Waals surface area contributed by atoms with Gasteiger partial charge >= 0.3 is 0 Å². The third-order valence-electron chi connectivity index (χ3n) is 1.77. The Balaban J connectivity index is 2.71. The Morgan fingerprint density at radius 2 is 2.23 bits per heavy atom. The van der Waals surface area contributed by atoms with Crippen molar-refractivity contribution >= 4 is 27.3 Å². The molecular weight excluding hydrogens is 248 g/mol. The van der Waals surface area contributed by atoms with E-state index in [1.165, 1.54) is 14.5 Å². The predicted octanol–water partition coefficient (Wildman–Crippen LogP) is 2.79. The van der Waals surface area contributed by atoms with Crippen LogP contribution in [0.25, 0.3) is 0 Å². The molecule has 0 amide bonds.